The highest BCUT2D eigenvalue weighted by Gasteiger charge is 2.24. The second-order valence-electron chi connectivity index (χ2n) is 5.07. The van der Waals surface area contributed by atoms with Gasteiger partial charge in [0.1, 0.15) is 5.82 Å². The highest BCUT2D eigenvalue weighted by Crippen LogP contribution is 2.33. The fraction of sp³-hybridized carbons (Fsp3) is 0.188. The van der Waals surface area contributed by atoms with Gasteiger partial charge in [-0.25, -0.2) is 9.38 Å². The molecule has 1 heterocycles. The van der Waals surface area contributed by atoms with Crippen LogP contribution in [0.25, 0.3) is 0 Å². The molecule has 5 heteroatoms. The Labute approximate surface area is 127 Å². The molecule has 0 bridgehead atoms. The Morgan fingerprint density at radius 1 is 1.14 bits per heavy atom. The largest absolute Gasteiger partial charge is 0.370 e. The van der Waals surface area contributed by atoms with Crippen LogP contribution in [0.1, 0.15) is 29.6 Å². The Hall–Kier alpha value is -2.07. The number of halogens is 2. The number of hydrogen-bond acceptors (Lipinski definition) is 3. The molecular formula is C16H15ClFN3. The summed E-state index contributed by atoms with van der Waals surface area (Å²) >= 11 is 6.03. The molecule has 0 aromatic heterocycles. The van der Waals surface area contributed by atoms with E-state index in [1.54, 1.807) is 12.1 Å². The second kappa shape index (κ2) is 5.74. The molecular weight excluding hydrogens is 289 g/mol. The van der Waals surface area contributed by atoms with Gasteiger partial charge in [-0.15, -0.1) is 0 Å². The fourth-order valence-electron chi connectivity index (χ4n) is 2.56. The highest BCUT2D eigenvalue weighted by molar-refractivity contribution is 6.30. The zero-order valence-electron chi connectivity index (χ0n) is 11.3. The summed E-state index contributed by atoms with van der Waals surface area (Å²) in [6, 6.07) is 14.0. The van der Waals surface area contributed by atoms with Gasteiger partial charge in [0, 0.05) is 5.02 Å². The van der Waals surface area contributed by atoms with E-state index in [9.17, 15) is 4.39 Å². The number of nitrogens with two attached hydrogens (primary N) is 1. The van der Waals surface area contributed by atoms with Crippen molar-refractivity contribution in [3.05, 3.63) is 70.5 Å². The van der Waals surface area contributed by atoms with E-state index in [4.69, 9.17) is 17.3 Å². The number of hydrogen-bond donors (Lipinski definition) is 2. The standard InChI is InChI=1S/C16H15ClFN3/c17-12-3-1-2-11(8-12)15-9-14(20-16(19)21-15)10-4-6-13(18)7-5-10/h1-8,14-15H,9H2,(H3,19,20,21). The van der Waals surface area contributed by atoms with Crippen LogP contribution < -0.4 is 11.1 Å². The van der Waals surface area contributed by atoms with Crippen LogP contribution in [-0.2, 0) is 0 Å². The molecule has 2 atom stereocenters. The average molecular weight is 304 g/mol. The zero-order valence-corrected chi connectivity index (χ0v) is 12.0. The van der Waals surface area contributed by atoms with Gasteiger partial charge in [-0.3, -0.25) is 0 Å². The molecule has 108 valence electrons. The van der Waals surface area contributed by atoms with Crippen LogP contribution in [0.4, 0.5) is 4.39 Å². The molecule has 0 spiro atoms. The molecule has 21 heavy (non-hydrogen) atoms. The molecule has 3 N–H and O–H groups in total. The van der Waals surface area contributed by atoms with E-state index in [2.05, 4.69) is 10.3 Å². The summed E-state index contributed by atoms with van der Waals surface area (Å²) < 4.78 is 13.0. The molecule has 1 aliphatic heterocycles. The fourth-order valence-corrected chi connectivity index (χ4v) is 2.76. The van der Waals surface area contributed by atoms with E-state index in [0.29, 0.717) is 11.0 Å². The molecule has 2 unspecified atom stereocenters. The summed E-state index contributed by atoms with van der Waals surface area (Å²) in [5.74, 6) is 0.142. The normalized spacial score (nSPS) is 21.5. The highest BCUT2D eigenvalue weighted by atomic mass is 35.5. The lowest BCUT2D eigenvalue weighted by Crippen LogP contribution is -2.39. The molecule has 3 nitrogen and oxygen atoms in total. The quantitative estimate of drug-likeness (QED) is 0.891. The lowest BCUT2D eigenvalue weighted by atomic mass is 9.94. The maximum absolute atomic E-state index is 13.0. The van der Waals surface area contributed by atoms with Crippen molar-refractivity contribution in [2.45, 2.75) is 18.5 Å². The van der Waals surface area contributed by atoms with Crippen molar-refractivity contribution in [1.82, 2.24) is 5.32 Å². The minimum absolute atomic E-state index is 0.00656. The van der Waals surface area contributed by atoms with Crippen LogP contribution >= 0.6 is 11.6 Å². The number of benzene rings is 2. The Kier molecular flexibility index (Phi) is 3.80. The average Bonchev–Trinajstić information content (AvgIpc) is 2.47. The van der Waals surface area contributed by atoms with Crippen molar-refractivity contribution in [2.75, 3.05) is 0 Å². The maximum Gasteiger partial charge on any atom is 0.189 e. The van der Waals surface area contributed by atoms with Gasteiger partial charge in [-0.05, 0) is 41.8 Å². The Balaban J connectivity index is 1.87. The smallest absolute Gasteiger partial charge is 0.189 e. The van der Waals surface area contributed by atoms with E-state index in [-0.39, 0.29) is 17.9 Å². The first-order valence-electron chi connectivity index (χ1n) is 6.72. The number of nitrogens with zero attached hydrogens (tertiary/aromatic N) is 1. The number of guanidine groups is 1. The molecule has 0 saturated carbocycles. The van der Waals surface area contributed by atoms with Gasteiger partial charge in [0.15, 0.2) is 5.96 Å². The van der Waals surface area contributed by atoms with Gasteiger partial charge in [0.2, 0.25) is 0 Å². The van der Waals surface area contributed by atoms with Crippen LogP contribution in [0.15, 0.2) is 53.5 Å². The Morgan fingerprint density at radius 2 is 1.90 bits per heavy atom. The van der Waals surface area contributed by atoms with Crippen LogP contribution in [-0.4, -0.2) is 5.96 Å². The minimum Gasteiger partial charge on any atom is -0.370 e. The summed E-state index contributed by atoms with van der Waals surface area (Å²) in [6.07, 6.45) is 0.743. The third kappa shape index (κ3) is 3.16. The van der Waals surface area contributed by atoms with Crippen LogP contribution in [0.3, 0.4) is 0 Å². The van der Waals surface area contributed by atoms with Gasteiger partial charge < -0.3 is 11.1 Å². The first kappa shape index (κ1) is 13.9. The number of aliphatic imine (C=N–C) groups is 1. The van der Waals surface area contributed by atoms with Crippen molar-refractivity contribution >= 4 is 17.6 Å². The summed E-state index contributed by atoms with van der Waals surface area (Å²) in [5, 5.41) is 3.82. The van der Waals surface area contributed by atoms with E-state index in [0.717, 1.165) is 17.5 Å². The predicted octanol–water partition coefficient (Wildman–Crippen LogP) is 3.57. The van der Waals surface area contributed by atoms with Gasteiger partial charge in [0.05, 0.1) is 12.1 Å². The van der Waals surface area contributed by atoms with Crippen molar-refractivity contribution < 1.29 is 4.39 Å². The number of nitrogens with one attached hydrogen (secondary N) is 1. The van der Waals surface area contributed by atoms with Crippen LogP contribution in [0.2, 0.25) is 5.02 Å². The molecule has 0 aliphatic carbocycles. The SMILES string of the molecule is NC1=NC(c2cccc(Cl)c2)CC(c2ccc(F)cc2)N1. The lowest BCUT2D eigenvalue weighted by molar-refractivity contribution is 0.486. The topological polar surface area (TPSA) is 50.4 Å². The van der Waals surface area contributed by atoms with Crippen molar-refractivity contribution in [2.24, 2.45) is 10.7 Å². The van der Waals surface area contributed by atoms with Gasteiger partial charge in [0.25, 0.3) is 0 Å². The number of rotatable bonds is 2. The van der Waals surface area contributed by atoms with Gasteiger partial charge in [-0.2, -0.15) is 0 Å². The molecule has 2 aromatic carbocycles. The maximum atomic E-state index is 13.0. The molecule has 3 rings (SSSR count). The van der Waals surface area contributed by atoms with Gasteiger partial charge in [-0.1, -0.05) is 35.9 Å². The third-order valence-corrected chi connectivity index (χ3v) is 3.82. The first-order valence-corrected chi connectivity index (χ1v) is 7.10. The second-order valence-corrected chi connectivity index (χ2v) is 5.51. The van der Waals surface area contributed by atoms with Crippen molar-refractivity contribution in [1.29, 1.82) is 0 Å². The van der Waals surface area contributed by atoms with Crippen molar-refractivity contribution in [3.63, 3.8) is 0 Å². The predicted molar refractivity (Wildman–Crippen MR) is 82.7 cm³/mol. The summed E-state index contributed by atoms with van der Waals surface area (Å²) in [4.78, 5) is 4.44. The van der Waals surface area contributed by atoms with E-state index in [1.165, 1.54) is 12.1 Å². The lowest BCUT2D eigenvalue weighted by Gasteiger charge is -2.28. The van der Waals surface area contributed by atoms with Crippen LogP contribution in [0.5, 0.6) is 0 Å². The van der Waals surface area contributed by atoms with Crippen molar-refractivity contribution in [3.8, 4) is 0 Å². The Bertz CT molecular complexity index is 669. The van der Waals surface area contributed by atoms with E-state index >= 15 is 0 Å². The third-order valence-electron chi connectivity index (χ3n) is 3.58. The summed E-state index contributed by atoms with van der Waals surface area (Å²) in [6.45, 7) is 0. The minimum atomic E-state index is -0.248. The molecule has 0 amide bonds. The van der Waals surface area contributed by atoms with Gasteiger partial charge >= 0.3 is 0 Å². The Morgan fingerprint density at radius 3 is 2.62 bits per heavy atom. The molecule has 1 aliphatic rings. The van der Waals surface area contributed by atoms with Crippen LogP contribution in [0, 0.1) is 5.82 Å². The van der Waals surface area contributed by atoms with E-state index in [1.807, 2.05) is 24.3 Å². The summed E-state index contributed by atoms with van der Waals surface area (Å²) in [7, 11) is 0. The molecule has 0 fully saturated rings. The molecule has 0 radical (unpaired) electrons. The zero-order chi connectivity index (χ0) is 14.8. The first-order chi connectivity index (χ1) is 10.1. The summed E-state index contributed by atoms with van der Waals surface area (Å²) in [5.41, 5.74) is 7.90. The molecule has 2 aromatic rings. The molecule has 0 saturated heterocycles. The monoisotopic (exact) mass is 303 g/mol. The van der Waals surface area contributed by atoms with E-state index < -0.39 is 0 Å².